The molecule has 1 aliphatic heterocycles. The lowest BCUT2D eigenvalue weighted by Crippen LogP contribution is -2.46. The van der Waals surface area contributed by atoms with E-state index >= 15 is 0 Å². The van der Waals surface area contributed by atoms with Gasteiger partial charge in [-0.15, -0.1) is 0 Å². The molecular weight excluding hydrogens is 204 g/mol. The SMILES string of the molecule is CC(C)(C)N1CCn2c(cnc2C(N)=O)C1. The van der Waals surface area contributed by atoms with Crippen molar-refractivity contribution in [2.75, 3.05) is 6.54 Å². The minimum absolute atomic E-state index is 0.141. The van der Waals surface area contributed by atoms with Crippen LogP contribution in [0.1, 0.15) is 37.1 Å². The zero-order valence-electron chi connectivity index (χ0n) is 10.0. The van der Waals surface area contributed by atoms with E-state index in [0.717, 1.165) is 25.3 Å². The zero-order valence-corrected chi connectivity index (χ0v) is 10.0. The van der Waals surface area contributed by atoms with Gasteiger partial charge < -0.3 is 10.3 Å². The van der Waals surface area contributed by atoms with E-state index in [-0.39, 0.29) is 5.54 Å². The van der Waals surface area contributed by atoms with Crippen LogP contribution in [0.15, 0.2) is 6.20 Å². The summed E-state index contributed by atoms with van der Waals surface area (Å²) in [6.07, 6.45) is 1.75. The predicted molar refractivity (Wildman–Crippen MR) is 60.9 cm³/mol. The average Bonchev–Trinajstić information content (AvgIpc) is 2.58. The van der Waals surface area contributed by atoms with Crippen molar-refractivity contribution < 1.29 is 4.79 Å². The van der Waals surface area contributed by atoms with E-state index in [1.54, 1.807) is 6.20 Å². The summed E-state index contributed by atoms with van der Waals surface area (Å²) in [5, 5.41) is 0. The smallest absolute Gasteiger partial charge is 0.284 e. The molecule has 5 heteroatoms. The fourth-order valence-electron chi connectivity index (χ4n) is 2.05. The Morgan fingerprint density at radius 2 is 2.12 bits per heavy atom. The van der Waals surface area contributed by atoms with Crippen LogP contribution in [0.25, 0.3) is 0 Å². The van der Waals surface area contributed by atoms with Crippen LogP contribution in [0.3, 0.4) is 0 Å². The van der Waals surface area contributed by atoms with E-state index in [0.29, 0.717) is 5.82 Å². The molecule has 1 amide bonds. The first-order valence-corrected chi connectivity index (χ1v) is 5.49. The van der Waals surface area contributed by atoms with Crippen LogP contribution in [0.5, 0.6) is 0 Å². The molecule has 5 nitrogen and oxygen atoms in total. The molecule has 88 valence electrons. The molecule has 0 aliphatic carbocycles. The van der Waals surface area contributed by atoms with Gasteiger partial charge in [0, 0.05) is 25.2 Å². The van der Waals surface area contributed by atoms with Crippen molar-refractivity contribution in [3.8, 4) is 0 Å². The Labute approximate surface area is 95.2 Å². The third kappa shape index (κ3) is 1.82. The summed E-state index contributed by atoms with van der Waals surface area (Å²) in [5.74, 6) is -0.0704. The predicted octanol–water partition coefficient (Wildman–Crippen LogP) is 0.596. The highest BCUT2D eigenvalue weighted by molar-refractivity contribution is 5.89. The first kappa shape index (κ1) is 11.1. The van der Waals surface area contributed by atoms with Crippen LogP contribution < -0.4 is 5.73 Å². The van der Waals surface area contributed by atoms with E-state index < -0.39 is 5.91 Å². The highest BCUT2D eigenvalue weighted by Crippen LogP contribution is 2.22. The number of carbonyl (C=O) groups is 1. The number of nitrogens with zero attached hydrogens (tertiary/aromatic N) is 3. The van der Waals surface area contributed by atoms with Crippen molar-refractivity contribution in [3.05, 3.63) is 17.7 Å². The van der Waals surface area contributed by atoms with Crippen LogP contribution in [0.2, 0.25) is 0 Å². The fourth-order valence-corrected chi connectivity index (χ4v) is 2.05. The van der Waals surface area contributed by atoms with Crippen molar-refractivity contribution in [1.29, 1.82) is 0 Å². The van der Waals surface area contributed by atoms with Crippen molar-refractivity contribution >= 4 is 5.91 Å². The van der Waals surface area contributed by atoms with Crippen LogP contribution in [-0.4, -0.2) is 32.4 Å². The molecule has 0 saturated carbocycles. The Hall–Kier alpha value is -1.36. The molecule has 0 fully saturated rings. The second-order valence-corrected chi connectivity index (χ2v) is 5.18. The van der Waals surface area contributed by atoms with Gasteiger partial charge in [0.05, 0.1) is 11.9 Å². The molecule has 16 heavy (non-hydrogen) atoms. The largest absolute Gasteiger partial charge is 0.363 e. The molecule has 2 N–H and O–H groups in total. The van der Waals surface area contributed by atoms with E-state index in [4.69, 9.17) is 5.73 Å². The Morgan fingerprint density at radius 3 is 2.69 bits per heavy atom. The van der Waals surface area contributed by atoms with E-state index in [9.17, 15) is 4.79 Å². The van der Waals surface area contributed by atoms with Gasteiger partial charge in [0.25, 0.3) is 5.91 Å². The molecule has 0 unspecified atom stereocenters. The summed E-state index contributed by atoms with van der Waals surface area (Å²) in [6, 6.07) is 0. The van der Waals surface area contributed by atoms with Gasteiger partial charge in [0.15, 0.2) is 5.82 Å². The van der Waals surface area contributed by atoms with Gasteiger partial charge in [-0.1, -0.05) is 0 Å². The number of aromatic nitrogens is 2. The molecule has 1 aromatic rings. The van der Waals surface area contributed by atoms with Gasteiger partial charge in [0.2, 0.25) is 0 Å². The van der Waals surface area contributed by atoms with Crippen molar-refractivity contribution in [2.24, 2.45) is 5.73 Å². The molecule has 2 heterocycles. The lowest BCUT2D eigenvalue weighted by Gasteiger charge is -2.38. The maximum Gasteiger partial charge on any atom is 0.284 e. The molecule has 1 aromatic heterocycles. The van der Waals surface area contributed by atoms with Crippen LogP contribution >= 0.6 is 0 Å². The summed E-state index contributed by atoms with van der Waals surface area (Å²) >= 11 is 0. The van der Waals surface area contributed by atoms with Gasteiger partial charge >= 0.3 is 0 Å². The number of carbonyl (C=O) groups excluding carboxylic acids is 1. The topological polar surface area (TPSA) is 64.2 Å². The number of amides is 1. The molecule has 0 radical (unpaired) electrons. The number of rotatable bonds is 1. The zero-order chi connectivity index (χ0) is 11.9. The van der Waals surface area contributed by atoms with Crippen molar-refractivity contribution in [2.45, 2.75) is 39.4 Å². The molecule has 0 atom stereocenters. The summed E-state index contributed by atoms with van der Waals surface area (Å²) in [4.78, 5) is 17.6. The minimum atomic E-state index is -0.449. The normalized spacial score (nSPS) is 17.2. The first-order chi connectivity index (χ1) is 7.39. The maximum atomic E-state index is 11.1. The van der Waals surface area contributed by atoms with Crippen molar-refractivity contribution in [1.82, 2.24) is 14.5 Å². The second kappa shape index (κ2) is 3.59. The summed E-state index contributed by atoms with van der Waals surface area (Å²) in [7, 11) is 0. The van der Waals surface area contributed by atoms with Crippen LogP contribution in [0, 0.1) is 0 Å². The fraction of sp³-hybridized carbons (Fsp3) is 0.636. The maximum absolute atomic E-state index is 11.1. The average molecular weight is 222 g/mol. The first-order valence-electron chi connectivity index (χ1n) is 5.49. The molecule has 0 aromatic carbocycles. The third-order valence-electron chi connectivity index (χ3n) is 3.05. The molecule has 0 spiro atoms. The van der Waals surface area contributed by atoms with Crippen LogP contribution in [-0.2, 0) is 13.1 Å². The van der Waals surface area contributed by atoms with Gasteiger partial charge in [0.1, 0.15) is 0 Å². The summed E-state index contributed by atoms with van der Waals surface area (Å²) in [6.45, 7) is 9.10. The van der Waals surface area contributed by atoms with Crippen molar-refractivity contribution in [3.63, 3.8) is 0 Å². The second-order valence-electron chi connectivity index (χ2n) is 5.18. The molecule has 2 rings (SSSR count). The number of nitrogens with two attached hydrogens (primary N) is 1. The number of imidazole rings is 1. The van der Waals surface area contributed by atoms with E-state index in [2.05, 4.69) is 30.7 Å². The highest BCUT2D eigenvalue weighted by atomic mass is 16.1. The summed E-state index contributed by atoms with van der Waals surface area (Å²) < 4.78 is 1.92. The standard InChI is InChI=1S/C11H18N4O/c1-11(2,3)14-4-5-15-8(7-14)6-13-10(15)9(12)16/h6H,4-5,7H2,1-3H3,(H2,12,16). The molecule has 0 bridgehead atoms. The van der Waals surface area contributed by atoms with Gasteiger partial charge in [-0.2, -0.15) is 0 Å². The minimum Gasteiger partial charge on any atom is -0.363 e. The van der Waals surface area contributed by atoms with Gasteiger partial charge in [-0.25, -0.2) is 4.98 Å². The van der Waals surface area contributed by atoms with E-state index in [1.807, 2.05) is 4.57 Å². The third-order valence-corrected chi connectivity index (χ3v) is 3.05. The number of primary amides is 1. The Morgan fingerprint density at radius 1 is 1.44 bits per heavy atom. The van der Waals surface area contributed by atoms with Gasteiger partial charge in [-0.3, -0.25) is 9.69 Å². The van der Waals surface area contributed by atoms with Crippen LogP contribution in [0.4, 0.5) is 0 Å². The Kier molecular flexibility index (Phi) is 2.50. The lowest BCUT2D eigenvalue weighted by molar-refractivity contribution is 0.0938. The molecule has 1 aliphatic rings. The number of hydrogen-bond acceptors (Lipinski definition) is 3. The Bertz CT molecular complexity index is 416. The highest BCUT2D eigenvalue weighted by Gasteiger charge is 2.27. The Balaban J connectivity index is 2.27. The van der Waals surface area contributed by atoms with Gasteiger partial charge in [-0.05, 0) is 20.8 Å². The number of hydrogen-bond donors (Lipinski definition) is 1. The quantitative estimate of drug-likeness (QED) is 0.756. The van der Waals surface area contributed by atoms with E-state index in [1.165, 1.54) is 0 Å². The lowest BCUT2D eigenvalue weighted by atomic mass is 10.0. The molecule has 0 saturated heterocycles. The number of fused-ring (bicyclic) bond motifs is 1. The summed E-state index contributed by atoms with van der Waals surface area (Å²) in [5.41, 5.74) is 6.47. The monoisotopic (exact) mass is 222 g/mol. The molecular formula is C11H18N4O.